The first-order chi connectivity index (χ1) is 9.72. The van der Waals surface area contributed by atoms with Gasteiger partial charge in [0, 0.05) is 19.1 Å². The summed E-state index contributed by atoms with van der Waals surface area (Å²) in [6, 6.07) is 6.08. The molecule has 2 nitrogen and oxygen atoms in total. The van der Waals surface area contributed by atoms with Gasteiger partial charge in [-0.25, -0.2) is 4.39 Å². The molecule has 2 atom stereocenters. The number of piperidine rings is 1. The summed E-state index contributed by atoms with van der Waals surface area (Å²) in [5, 5.41) is 3.64. The van der Waals surface area contributed by atoms with Crippen molar-refractivity contribution < 1.29 is 4.39 Å². The fourth-order valence-electron chi connectivity index (χ4n) is 3.57. The van der Waals surface area contributed by atoms with Crippen molar-refractivity contribution >= 4 is 15.9 Å². The van der Waals surface area contributed by atoms with E-state index in [1.165, 1.54) is 44.3 Å². The molecule has 2 heterocycles. The summed E-state index contributed by atoms with van der Waals surface area (Å²) in [6.07, 6.45) is 5.29. The molecule has 1 aromatic rings. The predicted molar refractivity (Wildman–Crippen MR) is 83.1 cm³/mol. The van der Waals surface area contributed by atoms with Crippen molar-refractivity contribution in [1.82, 2.24) is 10.2 Å². The van der Waals surface area contributed by atoms with Crippen LogP contribution in [0.2, 0.25) is 0 Å². The molecule has 3 rings (SSSR count). The summed E-state index contributed by atoms with van der Waals surface area (Å²) in [5.74, 6) is 0.607. The van der Waals surface area contributed by atoms with Gasteiger partial charge in [0.2, 0.25) is 0 Å². The maximum atomic E-state index is 13.3. The van der Waals surface area contributed by atoms with Gasteiger partial charge in [0.15, 0.2) is 0 Å². The average Bonchev–Trinajstić information content (AvgIpc) is 2.97. The summed E-state index contributed by atoms with van der Waals surface area (Å²) < 4.78 is 13.8. The molecule has 2 saturated heterocycles. The third-order valence-corrected chi connectivity index (χ3v) is 5.21. The molecule has 0 saturated carbocycles. The monoisotopic (exact) mass is 340 g/mol. The van der Waals surface area contributed by atoms with Gasteiger partial charge in [0.1, 0.15) is 5.82 Å². The van der Waals surface area contributed by atoms with Crippen LogP contribution in [0.1, 0.15) is 31.2 Å². The van der Waals surface area contributed by atoms with Gasteiger partial charge in [-0.2, -0.15) is 0 Å². The molecule has 0 radical (unpaired) electrons. The topological polar surface area (TPSA) is 15.3 Å². The number of halogens is 2. The molecule has 2 unspecified atom stereocenters. The maximum Gasteiger partial charge on any atom is 0.137 e. The second-order valence-electron chi connectivity index (χ2n) is 6.09. The first kappa shape index (κ1) is 14.5. The highest BCUT2D eigenvalue weighted by atomic mass is 79.9. The molecule has 2 aliphatic heterocycles. The normalized spacial score (nSPS) is 27.9. The van der Waals surface area contributed by atoms with Gasteiger partial charge >= 0.3 is 0 Å². The van der Waals surface area contributed by atoms with Crippen LogP contribution in [-0.2, 0) is 6.54 Å². The van der Waals surface area contributed by atoms with E-state index in [2.05, 4.69) is 26.1 Å². The summed E-state index contributed by atoms with van der Waals surface area (Å²) in [4.78, 5) is 2.52. The van der Waals surface area contributed by atoms with Crippen molar-refractivity contribution in [2.75, 3.05) is 19.6 Å². The Kier molecular flexibility index (Phi) is 4.74. The minimum atomic E-state index is -0.180. The van der Waals surface area contributed by atoms with Crippen molar-refractivity contribution in [1.29, 1.82) is 0 Å². The first-order valence-corrected chi connectivity index (χ1v) is 8.41. The van der Waals surface area contributed by atoms with Crippen molar-refractivity contribution in [2.24, 2.45) is 5.92 Å². The van der Waals surface area contributed by atoms with Gasteiger partial charge in [0.05, 0.1) is 4.47 Å². The van der Waals surface area contributed by atoms with Gasteiger partial charge in [-0.05, 0) is 78.3 Å². The van der Waals surface area contributed by atoms with Crippen LogP contribution in [-0.4, -0.2) is 30.6 Å². The average molecular weight is 341 g/mol. The fraction of sp³-hybridized carbons (Fsp3) is 0.625. The van der Waals surface area contributed by atoms with Crippen LogP contribution in [0.4, 0.5) is 4.39 Å². The van der Waals surface area contributed by atoms with Crippen LogP contribution in [0.5, 0.6) is 0 Å². The summed E-state index contributed by atoms with van der Waals surface area (Å²) >= 11 is 3.27. The van der Waals surface area contributed by atoms with E-state index in [1.54, 1.807) is 6.07 Å². The third-order valence-electron chi connectivity index (χ3n) is 4.60. The maximum absolute atomic E-state index is 13.3. The Morgan fingerprint density at radius 2 is 2.20 bits per heavy atom. The standard InChI is InChI=1S/C16H22BrFN2/c17-14-9-12(5-6-15(14)18)10-20-8-2-3-13(11-20)16-4-1-7-19-16/h5-6,9,13,16,19H,1-4,7-8,10-11H2. The fourth-order valence-corrected chi connectivity index (χ4v) is 4.00. The van der Waals surface area contributed by atoms with Gasteiger partial charge in [-0.15, -0.1) is 0 Å². The Balaban J connectivity index is 1.60. The molecule has 0 amide bonds. The lowest BCUT2D eigenvalue weighted by molar-refractivity contribution is 0.145. The minimum Gasteiger partial charge on any atom is -0.314 e. The molecule has 2 fully saturated rings. The Hall–Kier alpha value is -0.450. The Morgan fingerprint density at radius 1 is 1.30 bits per heavy atom. The zero-order valence-corrected chi connectivity index (χ0v) is 13.3. The number of hydrogen-bond donors (Lipinski definition) is 1. The van der Waals surface area contributed by atoms with Crippen LogP contribution in [0.25, 0.3) is 0 Å². The summed E-state index contributed by atoms with van der Waals surface area (Å²) in [6.45, 7) is 4.46. The zero-order chi connectivity index (χ0) is 13.9. The van der Waals surface area contributed by atoms with E-state index in [1.807, 2.05) is 12.1 Å². The van der Waals surface area contributed by atoms with Crippen LogP contribution in [0, 0.1) is 11.7 Å². The van der Waals surface area contributed by atoms with E-state index in [9.17, 15) is 4.39 Å². The van der Waals surface area contributed by atoms with E-state index in [0.717, 1.165) is 25.0 Å². The summed E-state index contributed by atoms with van der Waals surface area (Å²) in [7, 11) is 0. The van der Waals surface area contributed by atoms with Crippen LogP contribution in [0.3, 0.4) is 0 Å². The molecular weight excluding hydrogens is 319 g/mol. The predicted octanol–water partition coefficient (Wildman–Crippen LogP) is 3.55. The number of benzene rings is 1. The Bertz CT molecular complexity index is 460. The molecule has 4 heteroatoms. The van der Waals surface area contributed by atoms with Gasteiger partial charge in [0.25, 0.3) is 0 Å². The molecule has 0 aromatic heterocycles. The quantitative estimate of drug-likeness (QED) is 0.905. The molecule has 20 heavy (non-hydrogen) atoms. The van der Waals surface area contributed by atoms with E-state index in [4.69, 9.17) is 0 Å². The lowest BCUT2D eigenvalue weighted by Crippen LogP contribution is -2.43. The molecule has 0 bridgehead atoms. The highest BCUT2D eigenvalue weighted by Crippen LogP contribution is 2.26. The number of likely N-dealkylation sites (tertiary alicyclic amines) is 1. The molecular formula is C16H22BrFN2. The van der Waals surface area contributed by atoms with E-state index >= 15 is 0 Å². The Labute approximate surface area is 128 Å². The second-order valence-corrected chi connectivity index (χ2v) is 6.94. The molecule has 110 valence electrons. The smallest absolute Gasteiger partial charge is 0.137 e. The molecule has 2 aliphatic rings. The minimum absolute atomic E-state index is 0.180. The molecule has 0 spiro atoms. The van der Waals surface area contributed by atoms with E-state index < -0.39 is 0 Å². The second kappa shape index (κ2) is 6.54. The number of rotatable bonds is 3. The van der Waals surface area contributed by atoms with Crippen molar-refractivity contribution in [3.63, 3.8) is 0 Å². The largest absolute Gasteiger partial charge is 0.314 e. The van der Waals surface area contributed by atoms with E-state index in [0.29, 0.717) is 4.47 Å². The van der Waals surface area contributed by atoms with Gasteiger partial charge in [-0.3, -0.25) is 4.90 Å². The highest BCUT2D eigenvalue weighted by molar-refractivity contribution is 9.10. The Morgan fingerprint density at radius 3 is 2.95 bits per heavy atom. The van der Waals surface area contributed by atoms with Crippen LogP contribution in [0.15, 0.2) is 22.7 Å². The van der Waals surface area contributed by atoms with Gasteiger partial charge in [-0.1, -0.05) is 6.07 Å². The SMILES string of the molecule is Fc1ccc(CN2CCCC(C3CCCN3)C2)cc1Br. The van der Waals surface area contributed by atoms with Crippen LogP contribution < -0.4 is 5.32 Å². The molecule has 0 aliphatic carbocycles. The number of hydrogen-bond acceptors (Lipinski definition) is 2. The lowest BCUT2D eigenvalue weighted by Gasteiger charge is -2.35. The number of nitrogens with one attached hydrogen (secondary N) is 1. The summed E-state index contributed by atoms with van der Waals surface area (Å²) in [5.41, 5.74) is 1.19. The zero-order valence-electron chi connectivity index (χ0n) is 11.7. The van der Waals surface area contributed by atoms with E-state index in [-0.39, 0.29) is 5.82 Å². The van der Waals surface area contributed by atoms with Gasteiger partial charge < -0.3 is 5.32 Å². The van der Waals surface area contributed by atoms with Crippen LogP contribution >= 0.6 is 15.9 Å². The number of nitrogens with zero attached hydrogens (tertiary/aromatic N) is 1. The van der Waals surface area contributed by atoms with Crippen molar-refractivity contribution in [2.45, 2.75) is 38.3 Å². The molecule has 1 aromatic carbocycles. The first-order valence-electron chi connectivity index (χ1n) is 7.62. The lowest BCUT2D eigenvalue weighted by atomic mass is 9.89. The van der Waals surface area contributed by atoms with Crippen molar-refractivity contribution in [3.8, 4) is 0 Å². The third kappa shape index (κ3) is 3.41. The molecule has 1 N–H and O–H groups in total. The van der Waals surface area contributed by atoms with Crippen molar-refractivity contribution in [3.05, 3.63) is 34.1 Å². The highest BCUT2D eigenvalue weighted by Gasteiger charge is 2.28.